The summed E-state index contributed by atoms with van der Waals surface area (Å²) in [6.45, 7) is 3.52. The number of hydrogen-bond donors (Lipinski definition) is 0. The van der Waals surface area contributed by atoms with Gasteiger partial charge in [0.25, 0.3) is 0 Å². The fraction of sp³-hybridized carbons (Fsp3) is 0.292. The minimum atomic E-state index is -0.715. The number of hydrogen-bond acceptors (Lipinski definition) is 3. The number of aromatic nitrogens is 2. The molecule has 0 N–H and O–H groups in total. The Hall–Kier alpha value is -3.01. The van der Waals surface area contributed by atoms with Crippen LogP contribution in [0.5, 0.6) is 0 Å². The topological polar surface area (TPSA) is 46.1 Å². The highest BCUT2D eigenvalue weighted by Gasteiger charge is 2.41. The first-order valence-electron chi connectivity index (χ1n) is 9.86. The molecule has 1 aliphatic rings. The molecule has 0 spiro atoms. The third-order valence-electron chi connectivity index (χ3n) is 5.84. The molecule has 0 saturated carbocycles. The predicted octanol–water partition coefficient (Wildman–Crippen LogP) is 4.19. The molecule has 4 rings (SSSR count). The fourth-order valence-electron chi connectivity index (χ4n) is 4.20. The average molecular weight is 371 g/mol. The lowest BCUT2D eigenvalue weighted by molar-refractivity contribution is -0.136. The molecule has 2 heterocycles. The standard InChI is InChI=1S/C24H25N3O/c1-24(20-10-4-2-5-11-20,21-12-6-3-7-13-21)23(28)27-16-8-9-19(18-27)22-17-25-14-15-26-22/h2-7,10-15,17,19H,8-9,16,18H2,1H3. The van der Waals surface area contributed by atoms with Gasteiger partial charge in [-0.2, -0.15) is 0 Å². The Kier molecular flexibility index (Phi) is 5.20. The highest BCUT2D eigenvalue weighted by Crippen LogP contribution is 2.36. The molecule has 1 atom stereocenters. The molecule has 1 aliphatic heterocycles. The van der Waals surface area contributed by atoms with E-state index in [1.165, 1.54) is 0 Å². The number of likely N-dealkylation sites (tertiary alicyclic amines) is 1. The Bertz CT molecular complexity index is 873. The summed E-state index contributed by atoms with van der Waals surface area (Å²) in [4.78, 5) is 24.6. The van der Waals surface area contributed by atoms with E-state index >= 15 is 0 Å². The predicted molar refractivity (Wildman–Crippen MR) is 110 cm³/mol. The first-order valence-corrected chi connectivity index (χ1v) is 9.86. The van der Waals surface area contributed by atoms with Crippen molar-refractivity contribution in [1.29, 1.82) is 0 Å². The Balaban J connectivity index is 1.68. The molecular weight excluding hydrogens is 346 g/mol. The molecule has 1 amide bonds. The molecule has 1 unspecified atom stereocenters. The van der Waals surface area contributed by atoms with Gasteiger partial charge in [0, 0.05) is 37.6 Å². The molecule has 4 nitrogen and oxygen atoms in total. The zero-order chi connectivity index (χ0) is 19.4. The third-order valence-corrected chi connectivity index (χ3v) is 5.84. The van der Waals surface area contributed by atoms with Crippen LogP contribution < -0.4 is 0 Å². The van der Waals surface area contributed by atoms with E-state index in [1.54, 1.807) is 12.4 Å². The highest BCUT2D eigenvalue weighted by molar-refractivity contribution is 5.91. The van der Waals surface area contributed by atoms with Crippen molar-refractivity contribution in [3.05, 3.63) is 96.1 Å². The van der Waals surface area contributed by atoms with E-state index in [-0.39, 0.29) is 11.8 Å². The van der Waals surface area contributed by atoms with Gasteiger partial charge in [0.2, 0.25) is 5.91 Å². The van der Waals surface area contributed by atoms with Crippen LogP contribution in [0.3, 0.4) is 0 Å². The Morgan fingerprint density at radius 3 is 2.21 bits per heavy atom. The van der Waals surface area contributed by atoms with Crippen LogP contribution in [0.25, 0.3) is 0 Å². The summed E-state index contributed by atoms with van der Waals surface area (Å²) >= 11 is 0. The minimum absolute atomic E-state index is 0.151. The number of piperidine rings is 1. The van der Waals surface area contributed by atoms with Crippen molar-refractivity contribution in [3.63, 3.8) is 0 Å². The monoisotopic (exact) mass is 371 g/mol. The molecule has 1 fully saturated rings. The van der Waals surface area contributed by atoms with Crippen LogP contribution in [-0.2, 0) is 10.2 Å². The van der Waals surface area contributed by atoms with Crippen LogP contribution in [0.2, 0.25) is 0 Å². The van der Waals surface area contributed by atoms with Gasteiger partial charge >= 0.3 is 0 Å². The molecular formula is C24H25N3O. The maximum Gasteiger partial charge on any atom is 0.237 e. The molecule has 0 aliphatic carbocycles. The Morgan fingerprint density at radius 2 is 1.64 bits per heavy atom. The van der Waals surface area contributed by atoms with E-state index < -0.39 is 5.41 Å². The third kappa shape index (κ3) is 3.42. The molecule has 4 heteroatoms. The first kappa shape index (κ1) is 18.4. The lowest BCUT2D eigenvalue weighted by Gasteiger charge is -2.39. The fourth-order valence-corrected chi connectivity index (χ4v) is 4.20. The first-order chi connectivity index (χ1) is 13.7. The summed E-state index contributed by atoms with van der Waals surface area (Å²) in [6, 6.07) is 20.2. The van der Waals surface area contributed by atoms with Crippen molar-refractivity contribution in [2.24, 2.45) is 0 Å². The second kappa shape index (κ2) is 7.93. The summed E-state index contributed by atoms with van der Waals surface area (Å²) in [5.41, 5.74) is 2.30. The number of amides is 1. The van der Waals surface area contributed by atoms with E-state index in [2.05, 4.69) is 34.2 Å². The van der Waals surface area contributed by atoms with Crippen molar-refractivity contribution in [2.45, 2.75) is 31.1 Å². The van der Waals surface area contributed by atoms with Crippen LogP contribution >= 0.6 is 0 Å². The van der Waals surface area contributed by atoms with Crippen LogP contribution in [0.15, 0.2) is 79.3 Å². The lowest BCUT2D eigenvalue weighted by atomic mass is 9.74. The van der Waals surface area contributed by atoms with E-state index in [0.29, 0.717) is 6.54 Å². The number of rotatable bonds is 4. The molecule has 1 aromatic heterocycles. The van der Waals surface area contributed by atoms with E-state index in [4.69, 9.17) is 0 Å². The molecule has 28 heavy (non-hydrogen) atoms. The zero-order valence-electron chi connectivity index (χ0n) is 16.2. The van der Waals surface area contributed by atoms with Crippen LogP contribution in [-0.4, -0.2) is 33.9 Å². The zero-order valence-corrected chi connectivity index (χ0v) is 16.2. The molecule has 2 aromatic carbocycles. The van der Waals surface area contributed by atoms with Gasteiger partial charge in [-0.25, -0.2) is 0 Å². The quantitative estimate of drug-likeness (QED) is 0.691. The minimum Gasteiger partial charge on any atom is -0.341 e. The van der Waals surface area contributed by atoms with Gasteiger partial charge in [-0.1, -0.05) is 60.7 Å². The SMILES string of the molecule is CC(C(=O)N1CCCC(c2cnccn2)C1)(c1ccccc1)c1ccccc1. The van der Waals surface area contributed by atoms with E-state index in [0.717, 1.165) is 36.2 Å². The van der Waals surface area contributed by atoms with Crippen molar-refractivity contribution in [1.82, 2.24) is 14.9 Å². The van der Waals surface area contributed by atoms with Gasteiger partial charge in [0.05, 0.1) is 11.1 Å². The number of nitrogens with zero attached hydrogens (tertiary/aromatic N) is 3. The Morgan fingerprint density at radius 1 is 1.00 bits per heavy atom. The van der Waals surface area contributed by atoms with E-state index in [1.807, 2.05) is 54.4 Å². The second-order valence-corrected chi connectivity index (χ2v) is 7.58. The summed E-state index contributed by atoms with van der Waals surface area (Å²) in [6.07, 6.45) is 7.26. The van der Waals surface area contributed by atoms with Gasteiger partial charge < -0.3 is 4.90 Å². The van der Waals surface area contributed by atoms with Gasteiger partial charge in [-0.05, 0) is 30.9 Å². The van der Waals surface area contributed by atoms with Crippen molar-refractivity contribution < 1.29 is 4.79 Å². The number of carbonyl (C=O) groups excluding carboxylic acids is 1. The maximum absolute atomic E-state index is 13.9. The van der Waals surface area contributed by atoms with Crippen LogP contribution in [0.1, 0.15) is 42.5 Å². The normalized spacial score (nSPS) is 17.3. The summed E-state index contributed by atoms with van der Waals surface area (Å²) < 4.78 is 0. The van der Waals surface area contributed by atoms with Gasteiger partial charge in [-0.15, -0.1) is 0 Å². The number of benzene rings is 2. The summed E-state index contributed by atoms with van der Waals surface area (Å²) in [7, 11) is 0. The van der Waals surface area contributed by atoms with Crippen LogP contribution in [0, 0.1) is 0 Å². The van der Waals surface area contributed by atoms with Gasteiger partial charge in [0.1, 0.15) is 0 Å². The van der Waals surface area contributed by atoms with Gasteiger partial charge in [-0.3, -0.25) is 14.8 Å². The maximum atomic E-state index is 13.9. The largest absolute Gasteiger partial charge is 0.341 e. The van der Waals surface area contributed by atoms with Crippen molar-refractivity contribution in [3.8, 4) is 0 Å². The van der Waals surface area contributed by atoms with Crippen molar-refractivity contribution in [2.75, 3.05) is 13.1 Å². The second-order valence-electron chi connectivity index (χ2n) is 7.58. The molecule has 0 bridgehead atoms. The summed E-state index contributed by atoms with van der Waals surface area (Å²) in [5.74, 6) is 0.390. The Labute approximate surface area is 166 Å². The lowest BCUT2D eigenvalue weighted by Crippen LogP contribution is -2.49. The van der Waals surface area contributed by atoms with Crippen LogP contribution in [0.4, 0.5) is 0 Å². The molecule has 0 radical (unpaired) electrons. The average Bonchev–Trinajstić information content (AvgIpc) is 2.80. The summed E-state index contributed by atoms with van der Waals surface area (Å²) in [5, 5.41) is 0. The van der Waals surface area contributed by atoms with Gasteiger partial charge in [0.15, 0.2) is 0 Å². The number of carbonyl (C=O) groups is 1. The molecule has 1 saturated heterocycles. The molecule has 142 valence electrons. The van der Waals surface area contributed by atoms with E-state index in [9.17, 15) is 4.79 Å². The van der Waals surface area contributed by atoms with Crippen molar-refractivity contribution >= 4 is 5.91 Å². The highest BCUT2D eigenvalue weighted by atomic mass is 16.2. The smallest absolute Gasteiger partial charge is 0.237 e. The molecule has 3 aromatic rings.